The van der Waals surface area contributed by atoms with Gasteiger partial charge in [0.15, 0.2) is 0 Å². The molecule has 7 heteroatoms. The molecule has 2 aromatic heterocycles. The zero-order valence-electron chi connectivity index (χ0n) is 16.0. The molecule has 0 bridgehead atoms. The van der Waals surface area contributed by atoms with Crippen LogP contribution in [0.15, 0.2) is 41.7 Å². The zero-order valence-corrected chi connectivity index (χ0v) is 16.0. The van der Waals surface area contributed by atoms with Crippen LogP contribution in [0, 0.1) is 6.92 Å². The number of aromatic nitrogens is 4. The van der Waals surface area contributed by atoms with Crippen molar-refractivity contribution >= 4 is 22.4 Å². The lowest BCUT2D eigenvalue weighted by Crippen LogP contribution is -2.46. The maximum Gasteiger partial charge on any atom is 0.261 e. The molecule has 27 heavy (non-hydrogen) atoms. The zero-order chi connectivity index (χ0) is 19.0. The van der Waals surface area contributed by atoms with Gasteiger partial charge in [0.25, 0.3) is 5.56 Å². The van der Waals surface area contributed by atoms with Crippen molar-refractivity contribution in [2.24, 2.45) is 0 Å². The molecular weight excluding hydrogens is 340 g/mol. The minimum Gasteiger partial charge on any atom is -0.368 e. The third-order valence-corrected chi connectivity index (χ3v) is 5.03. The van der Waals surface area contributed by atoms with Gasteiger partial charge in [-0.25, -0.2) is 9.97 Å². The maximum absolute atomic E-state index is 12.6. The second kappa shape index (κ2) is 6.98. The van der Waals surface area contributed by atoms with Gasteiger partial charge in [-0.1, -0.05) is 0 Å². The standard InChI is InChI=1S/C20H24N6O/c1-14(2)26-13-22-18-10-16(4-5-17(18)20(26)27)24-6-8-25(9-7-24)19-12-21-11-15(3)23-19/h4-5,10-14H,6-9H2,1-3H3. The second-order valence-electron chi connectivity index (χ2n) is 7.24. The van der Waals surface area contributed by atoms with Crippen LogP contribution in [-0.4, -0.2) is 45.7 Å². The number of nitrogens with zero attached hydrogens (tertiary/aromatic N) is 6. The molecule has 1 fully saturated rings. The molecule has 0 amide bonds. The summed E-state index contributed by atoms with van der Waals surface area (Å²) in [4.78, 5) is 30.5. The van der Waals surface area contributed by atoms with E-state index in [1.54, 1.807) is 17.1 Å². The normalized spacial score (nSPS) is 15.0. The molecular formula is C20H24N6O. The van der Waals surface area contributed by atoms with Crippen LogP contribution in [0.2, 0.25) is 0 Å². The Bertz CT molecular complexity index is 1020. The molecule has 4 rings (SSSR count). The monoisotopic (exact) mass is 364 g/mol. The molecule has 0 radical (unpaired) electrons. The van der Waals surface area contributed by atoms with Gasteiger partial charge in [-0.05, 0) is 39.0 Å². The summed E-state index contributed by atoms with van der Waals surface area (Å²) in [5.74, 6) is 0.934. The fraction of sp³-hybridized carbons (Fsp3) is 0.400. The van der Waals surface area contributed by atoms with Crippen LogP contribution < -0.4 is 15.4 Å². The molecule has 0 saturated carbocycles. The van der Waals surface area contributed by atoms with Crippen LogP contribution in [0.1, 0.15) is 25.6 Å². The Morgan fingerprint density at radius 1 is 1.04 bits per heavy atom. The van der Waals surface area contributed by atoms with Crippen LogP contribution >= 0.6 is 0 Å². The van der Waals surface area contributed by atoms with Crippen LogP contribution in [0.4, 0.5) is 11.5 Å². The Morgan fingerprint density at radius 2 is 1.78 bits per heavy atom. The lowest BCUT2D eigenvalue weighted by atomic mass is 10.2. The molecule has 1 saturated heterocycles. The summed E-state index contributed by atoms with van der Waals surface area (Å²) in [5, 5.41) is 0.670. The van der Waals surface area contributed by atoms with Gasteiger partial charge in [0, 0.05) is 44.1 Å². The van der Waals surface area contributed by atoms with Crippen molar-refractivity contribution in [3.8, 4) is 0 Å². The van der Waals surface area contributed by atoms with Crippen molar-refractivity contribution in [2.45, 2.75) is 26.8 Å². The van der Waals surface area contributed by atoms with Gasteiger partial charge in [0.2, 0.25) is 0 Å². The highest BCUT2D eigenvalue weighted by Crippen LogP contribution is 2.22. The molecule has 7 nitrogen and oxygen atoms in total. The first kappa shape index (κ1) is 17.5. The quantitative estimate of drug-likeness (QED) is 0.711. The van der Waals surface area contributed by atoms with Gasteiger partial charge in [-0.3, -0.25) is 14.3 Å². The molecule has 140 valence electrons. The van der Waals surface area contributed by atoms with Crippen molar-refractivity contribution in [3.05, 3.63) is 53.0 Å². The molecule has 0 N–H and O–H groups in total. The molecule has 0 unspecified atom stereocenters. The Morgan fingerprint density at radius 3 is 2.48 bits per heavy atom. The van der Waals surface area contributed by atoms with Crippen LogP contribution in [0.3, 0.4) is 0 Å². The molecule has 1 aliphatic heterocycles. The van der Waals surface area contributed by atoms with E-state index in [9.17, 15) is 4.79 Å². The minimum absolute atomic E-state index is 0.0180. The Labute approximate surface area is 158 Å². The predicted octanol–water partition coefficient (Wildman–Crippen LogP) is 2.40. The highest BCUT2D eigenvalue weighted by Gasteiger charge is 2.19. The van der Waals surface area contributed by atoms with E-state index in [4.69, 9.17) is 0 Å². The Balaban J connectivity index is 1.54. The number of hydrogen-bond acceptors (Lipinski definition) is 6. The summed E-state index contributed by atoms with van der Waals surface area (Å²) in [6, 6.07) is 6.05. The molecule has 0 aliphatic carbocycles. The molecule has 3 heterocycles. The van der Waals surface area contributed by atoms with E-state index >= 15 is 0 Å². The smallest absolute Gasteiger partial charge is 0.261 e. The molecule has 0 spiro atoms. The third kappa shape index (κ3) is 3.37. The second-order valence-corrected chi connectivity index (χ2v) is 7.24. The van der Waals surface area contributed by atoms with Crippen LogP contribution in [0.25, 0.3) is 10.9 Å². The summed E-state index contributed by atoms with van der Waals surface area (Å²) in [7, 11) is 0. The number of fused-ring (bicyclic) bond motifs is 1. The van der Waals surface area contributed by atoms with Crippen LogP contribution in [0.5, 0.6) is 0 Å². The lowest BCUT2D eigenvalue weighted by Gasteiger charge is -2.36. The van der Waals surface area contributed by atoms with Gasteiger partial charge in [-0.2, -0.15) is 0 Å². The molecule has 0 atom stereocenters. The number of hydrogen-bond donors (Lipinski definition) is 0. The number of rotatable bonds is 3. The average Bonchev–Trinajstić information content (AvgIpc) is 2.68. The first-order valence-electron chi connectivity index (χ1n) is 9.32. The third-order valence-electron chi connectivity index (χ3n) is 5.03. The van der Waals surface area contributed by atoms with Gasteiger partial charge < -0.3 is 9.80 Å². The number of piperazine rings is 1. The van der Waals surface area contributed by atoms with E-state index in [0.29, 0.717) is 5.39 Å². The van der Waals surface area contributed by atoms with Crippen LogP contribution in [-0.2, 0) is 0 Å². The highest BCUT2D eigenvalue weighted by molar-refractivity contribution is 5.81. The Kier molecular flexibility index (Phi) is 4.51. The fourth-order valence-corrected chi connectivity index (χ4v) is 3.48. The summed E-state index contributed by atoms with van der Waals surface area (Å²) in [6.07, 6.45) is 5.24. The summed E-state index contributed by atoms with van der Waals surface area (Å²) >= 11 is 0. The number of aryl methyl sites for hydroxylation is 1. The van der Waals surface area contributed by atoms with E-state index < -0.39 is 0 Å². The van der Waals surface area contributed by atoms with Crippen molar-refractivity contribution < 1.29 is 0 Å². The minimum atomic E-state index is 0.0180. The first-order chi connectivity index (χ1) is 13.0. The Hall–Kier alpha value is -2.96. The molecule has 1 aliphatic rings. The van der Waals surface area contributed by atoms with Crippen molar-refractivity contribution in [1.29, 1.82) is 0 Å². The van der Waals surface area contributed by atoms with E-state index in [1.165, 1.54) is 0 Å². The SMILES string of the molecule is Cc1cncc(N2CCN(c3ccc4c(=O)n(C(C)C)cnc4c3)CC2)n1. The molecule has 3 aromatic rings. The largest absolute Gasteiger partial charge is 0.368 e. The summed E-state index contributed by atoms with van der Waals surface area (Å²) in [5.41, 5.74) is 2.81. The van der Waals surface area contributed by atoms with E-state index in [2.05, 4.69) is 24.8 Å². The van der Waals surface area contributed by atoms with Crippen molar-refractivity contribution in [2.75, 3.05) is 36.0 Å². The van der Waals surface area contributed by atoms with E-state index in [0.717, 1.165) is 48.9 Å². The highest BCUT2D eigenvalue weighted by atomic mass is 16.1. The van der Waals surface area contributed by atoms with Gasteiger partial charge >= 0.3 is 0 Å². The van der Waals surface area contributed by atoms with Crippen molar-refractivity contribution in [3.63, 3.8) is 0 Å². The summed E-state index contributed by atoms with van der Waals surface area (Å²) < 4.78 is 1.67. The lowest BCUT2D eigenvalue weighted by molar-refractivity contribution is 0.573. The van der Waals surface area contributed by atoms with E-state index in [1.807, 2.05) is 45.2 Å². The van der Waals surface area contributed by atoms with Gasteiger partial charge in [0.1, 0.15) is 5.82 Å². The summed E-state index contributed by atoms with van der Waals surface area (Å²) in [6.45, 7) is 9.50. The van der Waals surface area contributed by atoms with Crippen molar-refractivity contribution in [1.82, 2.24) is 19.5 Å². The number of anilines is 2. The average molecular weight is 364 g/mol. The number of benzene rings is 1. The van der Waals surface area contributed by atoms with Gasteiger partial charge in [-0.15, -0.1) is 0 Å². The predicted molar refractivity (Wildman–Crippen MR) is 108 cm³/mol. The fourth-order valence-electron chi connectivity index (χ4n) is 3.48. The van der Waals surface area contributed by atoms with E-state index in [-0.39, 0.29) is 11.6 Å². The topological polar surface area (TPSA) is 67.2 Å². The first-order valence-corrected chi connectivity index (χ1v) is 9.32. The molecule has 1 aromatic carbocycles. The maximum atomic E-state index is 12.6. The van der Waals surface area contributed by atoms with Gasteiger partial charge in [0.05, 0.1) is 29.1 Å².